The van der Waals surface area contributed by atoms with Crippen molar-refractivity contribution in [1.29, 1.82) is 0 Å². The topological polar surface area (TPSA) is 81.8 Å². The fourth-order valence-electron chi connectivity index (χ4n) is 1.99. The van der Waals surface area contributed by atoms with E-state index < -0.39 is 4.92 Å². The predicted octanol–water partition coefficient (Wildman–Crippen LogP) is 3.74. The third-order valence-electron chi connectivity index (χ3n) is 3.12. The molecule has 0 spiro atoms. The highest BCUT2D eigenvalue weighted by Gasteiger charge is 2.07. The van der Waals surface area contributed by atoms with Gasteiger partial charge in [0.25, 0.3) is 5.69 Å². The Hall–Kier alpha value is -2.80. The number of nitro benzene ring substituents is 1. The van der Waals surface area contributed by atoms with Gasteiger partial charge in [0.1, 0.15) is 5.03 Å². The van der Waals surface area contributed by atoms with Gasteiger partial charge in [-0.2, -0.15) is 0 Å². The molecule has 0 saturated heterocycles. The largest absolute Gasteiger partial charge is 0.269 e. The minimum Gasteiger partial charge on any atom is -0.265 e. The molecule has 1 aromatic carbocycles. The fraction of sp³-hybridized carbons (Fsp3) is 0.0625. The number of rotatable bonds is 5. The smallest absolute Gasteiger partial charge is 0.265 e. The quantitative estimate of drug-likeness (QED) is 0.404. The third kappa shape index (κ3) is 3.89. The minimum absolute atomic E-state index is 0.0993. The van der Waals surface area contributed by atoms with Crippen LogP contribution < -0.4 is 0 Å². The van der Waals surface area contributed by atoms with Crippen LogP contribution in [0.5, 0.6) is 0 Å². The first-order chi connectivity index (χ1) is 11.2. The maximum atomic E-state index is 10.8. The molecular formula is C16H12N4O2S. The summed E-state index contributed by atoms with van der Waals surface area (Å²) in [5.74, 6) is 0.602. The van der Waals surface area contributed by atoms with Crippen molar-refractivity contribution < 1.29 is 4.92 Å². The Labute approximate surface area is 136 Å². The molecule has 0 unspecified atom stereocenters. The molecule has 0 saturated carbocycles. The highest BCUT2D eigenvalue weighted by molar-refractivity contribution is 7.98. The molecule has 0 bridgehead atoms. The zero-order valence-electron chi connectivity index (χ0n) is 12.0. The van der Waals surface area contributed by atoms with Gasteiger partial charge in [-0.25, -0.2) is 0 Å². The van der Waals surface area contributed by atoms with Gasteiger partial charge < -0.3 is 0 Å². The predicted molar refractivity (Wildman–Crippen MR) is 87.9 cm³/mol. The Kier molecular flexibility index (Phi) is 4.58. The highest BCUT2D eigenvalue weighted by Crippen LogP contribution is 2.24. The van der Waals surface area contributed by atoms with Crippen LogP contribution in [0.15, 0.2) is 66.0 Å². The van der Waals surface area contributed by atoms with Gasteiger partial charge in [-0.3, -0.25) is 15.1 Å². The zero-order valence-corrected chi connectivity index (χ0v) is 12.8. The summed E-state index contributed by atoms with van der Waals surface area (Å²) >= 11 is 1.49. The highest BCUT2D eigenvalue weighted by atomic mass is 32.2. The van der Waals surface area contributed by atoms with Crippen molar-refractivity contribution in [3.8, 4) is 11.3 Å². The van der Waals surface area contributed by atoms with E-state index in [0.717, 1.165) is 21.8 Å². The molecule has 3 aromatic rings. The van der Waals surface area contributed by atoms with E-state index in [2.05, 4.69) is 15.2 Å². The zero-order chi connectivity index (χ0) is 16.1. The molecule has 114 valence electrons. The van der Waals surface area contributed by atoms with Crippen molar-refractivity contribution in [2.24, 2.45) is 0 Å². The molecule has 6 nitrogen and oxygen atoms in total. The van der Waals surface area contributed by atoms with Crippen LogP contribution in [0.2, 0.25) is 0 Å². The summed E-state index contributed by atoms with van der Waals surface area (Å²) in [6.45, 7) is 0. The molecular weight excluding hydrogens is 312 g/mol. The number of hydrogen-bond acceptors (Lipinski definition) is 6. The van der Waals surface area contributed by atoms with Crippen LogP contribution in [-0.4, -0.2) is 20.1 Å². The Morgan fingerprint density at radius 1 is 1.04 bits per heavy atom. The molecule has 0 fully saturated rings. The van der Waals surface area contributed by atoms with E-state index in [4.69, 9.17) is 0 Å². The molecule has 0 aliphatic carbocycles. The summed E-state index contributed by atoms with van der Waals surface area (Å²) in [5.41, 5.74) is 2.72. The lowest BCUT2D eigenvalue weighted by molar-refractivity contribution is -0.384. The van der Waals surface area contributed by atoms with Gasteiger partial charge in [-0.15, -0.1) is 10.2 Å². The van der Waals surface area contributed by atoms with E-state index >= 15 is 0 Å². The van der Waals surface area contributed by atoms with Crippen molar-refractivity contribution in [3.63, 3.8) is 0 Å². The minimum atomic E-state index is -0.391. The average Bonchev–Trinajstić information content (AvgIpc) is 2.61. The van der Waals surface area contributed by atoms with Crippen molar-refractivity contribution in [1.82, 2.24) is 15.2 Å². The van der Waals surface area contributed by atoms with Crippen molar-refractivity contribution in [2.45, 2.75) is 10.8 Å². The van der Waals surface area contributed by atoms with Crippen LogP contribution >= 0.6 is 11.8 Å². The normalized spacial score (nSPS) is 10.4. The Bertz CT molecular complexity index is 810. The molecule has 0 aliphatic rings. The third-order valence-corrected chi connectivity index (χ3v) is 4.12. The van der Waals surface area contributed by atoms with E-state index in [-0.39, 0.29) is 5.69 Å². The van der Waals surface area contributed by atoms with Crippen molar-refractivity contribution >= 4 is 17.4 Å². The Balaban J connectivity index is 1.67. The fourth-order valence-corrected chi connectivity index (χ4v) is 2.75. The number of hydrogen-bond donors (Lipinski definition) is 0. The van der Waals surface area contributed by atoms with Crippen LogP contribution in [0.25, 0.3) is 11.3 Å². The molecule has 0 N–H and O–H groups in total. The van der Waals surface area contributed by atoms with Crippen LogP contribution in [0.3, 0.4) is 0 Å². The first kappa shape index (κ1) is 15.1. The lowest BCUT2D eigenvalue weighted by atomic mass is 10.2. The summed E-state index contributed by atoms with van der Waals surface area (Å²) in [7, 11) is 0. The number of aromatic nitrogens is 3. The second-order valence-corrected chi connectivity index (χ2v) is 5.70. The van der Waals surface area contributed by atoms with Gasteiger partial charge in [0.05, 0.1) is 10.6 Å². The summed E-state index contributed by atoms with van der Waals surface area (Å²) in [4.78, 5) is 14.4. The molecule has 23 heavy (non-hydrogen) atoms. The van der Waals surface area contributed by atoms with Crippen molar-refractivity contribution in [3.05, 3.63) is 76.6 Å². The van der Waals surface area contributed by atoms with Crippen LogP contribution in [-0.2, 0) is 5.75 Å². The Morgan fingerprint density at radius 2 is 1.87 bits per heavy atom. The second-order valence-electron chi connectivity index (χ2n) is 4.71. The lowest BCUT2D eigenvalue weighted by Crippen LogP contribution is -1.91. The first-order valence-corrected chi connectivity index (χ1v) is 7.81. The van der Waals surface area contributed by atoms with Gasteiger partial charge in [-0.05, 0) is 29.8 Å². The van der Waals surface area contributed by atoms with E-state index in [9.17, 15) is 10.1 Å². The van der Waals surface area contributed by atoms with E-state index in [1.807, 2.05) is 30.3 Å². The molecule has 2 heterocycles. The molecule has 2 aromatic heterocycles. The van der Waals surface area contributed by atoms with E-state index in [0.29, 0.717) is 5.75 Å². The average molecular weight is 324 g/mol. The lowest BCUT2D eigenvalue weighted by Gasteiger charge is -2.03. The molecule has 0 atom stereocenters. The van der Waals surface area contributed by atoms with Gasteiger partial charge in [-0.1, -0.05) is 23.9 Å². The summed E-state index contributed by atoms with van der Waals surface area (Å²) in [5, 5.41) is 19.9. The maximum absolute atomic E-state index is 10.8. The van der Waals surface area contributed by atoms with Gasteiger partial charge >= 0.3 is 0 Å². The van der Waals surface area contributed by atoms with Gasteiger partial charge in [0.2, 0.25) is 0 Å². The monoisotopic (exact) mass is 324 g/mol. The Morgan fingerprint density at radius 3 is 2.57 bits per heavy atom. The number of nitro groups is 1. The number of pyridine rings is 1. The summed E-state index contributed by atoms with van der Waals surface area (Å²) in [6.07, 6.45) is 3.42. The molecule has 0 aliphatic heterocycles. The SMILES string of the molecule is O=[N+]([O-])c1cccc(CSc2ccc(-c3ccncc3)nn2)c1. The van der Waals surface area contributed by atoms with E-state index in [1.165, 1.54) is 17.8 Å². The van der Waals surface area contributed by atoms with Crippen molar-refractivity contribution in [2.75, 3.05) is 0 Å². The number of thioether (sulfide) groups is 1. The molecule has 3 rings (SSSR count). The second kappa shape index (κ2) is 6.97. The molecule has 7 heteroatoms. The van der Waals surface area contributed by atoms with E-state index in [1.54, 1.807) is 24.5 Å². The number of benzene rings is 1. The van der Waals surface area contributed by atoms with Gasteiger partial charge in [0, 0.05) is 35.8 Å². The molecule has 0 amide bonds. The molecule has 0 radical (unpaired) electrons. The van der Waals surface area contributed by atoms with Crippen LogP contribution in [0.4, 0.5) is 5.69 Å². The number of nitrogens with zero attached hydrogens (tertiary/aromatic N) is 4. The first-order valence-electron chi connectivity index (χ1n) is 6.82. The van der Waals surface area contributed by atoms with Gasteiger partial charge in [0.15, 0.2) is 0 Å². The van der Waals surface area contributed by atoms with Crippen LogP contribution in [0.1, 0.15) is 5.56 Å². The number of non-ortho nitro benzene ring substituents is 1. The summed E-state index contributed by atoms with van der Waals surface area (Å²) in [6, 6.07) is 14.1. The summed E-state index contributed by atoms with van der Waals surface area (Å²) < 4.78 is 0. The maximum Gasteiger partial charge on any atom is 0.269 e. The van der Waals surface area contributed by atoms with Crippen LogP contribution in [0, 0.1) is 10.1 Å². The standard InChI is InChI=1S/C16H12N4O2S/c21-20(22)14-3-1-2-12(10-14)11-23-16-5-4-15(18-19-16)13-6-8-17-9-7-13/h1-10H,11H2.